The zero-order valence-corrected chi connectivity index (χ0v) is 6.52. The van der Waals surface area contributed by atoms with E-state index < -0.39 is 0 Å². The molecule has 0 saturated carbocycles. The molecule has 0 spiro atoms. The fourth-order valence-corrected chi connectivity index (χ4v) is 0. The number of hydrogen-bond donors (Lipinski definition) is 1. The molecule has 0 aromatic heterocycles. The smallest absolute Gasteiger partial charge is 0.545 e. The minimum Gasteiger partial charge on any atom is -0.545 e. The summed E-state index contributed by atoms with van der Waals surface area (Å²) in [4.78, 5) is 7.75. The van der Waals surface area contributed by atoms with E-state index in [0.717, 1.165) is 7.11 Å². The second-order valence-corrected chi connectivity index (χ2v) is 0. The maximum atomic E-state index is 7.75. The number of aliphatic hydroxyl groups is 1. The van der Waals surface area contributed by atoms with Gasteiger partial charge in [0.15, 0.2) is 0 Å². The van der Waals surface area contributed by atoms with Gasteiger partial charge in [0.05, 0.1) is 0 Å². The van der Waals surface area contributed by atoms with Crippen molar-refractivity contribution in [1.82, 2.24) is 0 Å². The molecule has 0 aromatic carbocycles. The van der Waals surface area contributed by atoms with Crippen LogP contribution in [0, 0.1) is 14.9 Å². The normalized spacial score (nSPS) is 1.43. The van der Waals surface area contributed by atoms with Crippen LogP contribution < -0.4 is 0 Å². The van der Waals surface area contributed by atoms with Crippen LogP contribution in [0.1, 0.15) is 0 Å². The minimum absolute atomic E-state index is 0. The molecule has 7 heavy (non-hydrogen) atoms. The van der Waals surface area contributed by atoms with Crippen LogP contribution in [0.5, 0.6) is 0 Å². The summed E-state index contributed by atoms with van der Waals surface area (Å²) in [7, 11) is 1.00. The van der Waals surface area contributed by atoms with Gasteiger partial charge in [-0.25, -0.2) is 0 Å². The second kappa shape index (κ2) is 2690. The van der Waals surface area contributed by atoms with Gasteiger partial charge in [-0.15, -0.1) is 0 Å². The third-order valence-electron chi connectivity index (χ3n) is 0. The van der Waals surface area contributed by atoms with Gasteiger partial charge in [-0.2, -0.15) is 0 Å². The van der Waals surface area contributed by atoms with Crippen LogP contribution in [0.3, 0.4) is 0 Å². The fraction of sp³-hybridized carbons (Fsp3) is 0.250. The van der Waals surface area contributed by atoms with E-state index in [0.29, 0.717) is 0 Å². The first-order valence-corrected chi connectivity index (χ1v) is 0.683. The van der Waals surface area contributed by atoms with E-state index in [1.54, 1.807) is 0 Å². The average Bonchev–Trinajstić information content (AvgIpc) is 1.50. The number of rotatable bonds is 0. The van der Waals surface area contributed by atoms with Crippen molar-refractivity contribution in [2.24, 2.45) is 0 Å². The average molecular weight is 192 g/mol. The predicted octanol–water partition coefficient (Wildman–Crippen LogP) is 0.232. The quantitative estimate of drug-likeness (QED) is 0.339. The van der Waals surface area contributed by atoms with Crippen molar-refractivity contribution in [3.05, 3.63) is 14.9 Å². The van der Waals surface area contributed by atoms with Gasteiger partial charge in [0.1, 0.15) is 0 Å². The zero-order valence-electron chi connectivity index (χ0n) is 4.79. The Bertz CT molecular complexity index is 9.65. The Kier molecular flexibility index (Phi) is 21500. The van der Waals surface area contributed by atoms with Crippen molar-refractivity contribution >= 4 is 6.79 Å². The summed E-state index contributed by atoms with van der Waals surface area (Å²) in [5.74, 6) is 0. The topological polar surface area (TPSA) is 37.3 Å². The number of aliphatic hydroxyl groups excluding tert-OH is 1. The molecular formula is C4H11O2Ru. The zero-order chi connectivity index (χ0) is 4.00. The molecule has 0 aliphatic heterocycles. The van der Waals surface area contributed by atoms with Crippen LogP contribution >= 0.6 is 0 Å². The molecule has 0 unspecified atom stereocenters. The molecule has 3 heteroatoms. The molecule has 0 aliphatic carbocycles. The van der Waals surface area contributed by atoms with Gasteiger partial charge in [0.25, 0.3) is 0 Å². The molecule has 2 nitrogen and oxygen atoms in total. The summed E-state index contributed by atoms with van der Waals surface area (Å²) in [6, 6.07) is 0. The first-order chi connectivity index (χ1) is 2.00. The van der Waals surface area contributed by atoms with Crippen LogP contribution in [-0.4, -0.2) is 19.0 Å². The van der Waals surface area contributed by atoms with Crippen molar-refractivity contribution in [1.29, 1.82) is 0 Å². The summed E-state index contributed by atoms with van der Waals surface area (Å²) in [6.07, 6.45) is 0. The van der Waals surface area contributed by atoms with E-state index in [1.807, 2.05) is 0 Å². The predicted molar refractivity (Wildman–Crippen MR) is 27.7 cm³/mol. The maximum Gasteiger partial charge on any atom is 3.00 e. The van der Waals surface area contributed by atoms with E-state index in [4.69, 9.17) is 9.90 Å². The fourth-order valence-electron chi connectivity index (χ4n) is 0. The van der Waals surface area contributed by atoms with E-state index in [2.05, 4.69) is 6.79 Å². The van der Waals surface area contributed by atoms with Crippen LogP contribution in [0.4, 0.5) is 0 Å². The summed E-state index contributed by atoms with van der Waals surface area (Å²) >= 11 is 0. The number of hydrogen-bond acceptors (Lipinski definition) is 2. The Hall–Kier alpha value is 0.253. The van der Waals surface area contributed by atoms with Crippen LogP contribution in [-0.2, 0) is 24.3 Å². The van der Waals surface area contributed by atoms with E-state index in [-0.39, 0.29) is 34.3 Å². The molecule has 1 N–H and O–H groups in total. The Morgan fingerprint density at radius 2 is 1.14 bits per heavy atom. The SMILES string of the molecule is CO.[CH-]=O.[CH3-].[CH3-].[Ru+3]. The number of carbonyl (C=O) groups excluding carboxylic acids is 1. The third-order valence-corrected chi connectivity index (χ3v) is 0. The largest absolute Gasteiger partial charge is 3.00 e. The molecule has 0 aromatic rings. The Morgan fingerprint density at radius 3 is 1.14 bits per heavy atom. The van der Waals surface area contributed by atoms with Gasteiger partial charge < -0.3 is 24.8 Å². The molecule has 0 amide bonds. The maximum absolute atomic E-state index is 7.75. The molecular weight excluding hydrogens is 181 g/mol. The van der Waals surface area contributed by atoms with Crippen LogP contribution in [0.15, 0.2) is 0 Å². The van der Waals surface area contributed by atoms with Gasteiger partial charge in [-0.1, -0.05) is 0 Å². The molecule has 0 rings (SSSR count). The van der Waals surface area contributed by atoms with Crippen molar-refractivity contribution in [3.63, 3.8) is 0 Å². The Labute approximate surface area is 58.7 Å². The molecule has 1 radical (unpaired) electrons. The third kappa shape index (κ3) is 1760. The van der Waals surface area contributed by atoms with Gasteiger partial charge in [0, 0.05) is 7.11 Å². The van der Waals surface area contributed by atoms with Crippen molar-refractivity contribution < 1.29 is 29.4 Å². The molecule has 0 heterocycles. The summed E-state index contributed by atoms with van der Waals surface area (Å²) < 4.78 is 0. The van der Waals surface area contributed by atoms with E-state index in [9.17, 15) is 0 Å². The van der Waals surface area contributed by atoms with Crippen molar-refractivity contribution in [3.8, 4) is 0 Å². The van der Waals surface area contributed by atoms with Gasteiger partial charge >= 0.3 is 19.5 Å². The summed E-state index contributed by atoms with van der Waals surface area (Å²) in [5, 5.41) is 7.00. The Balaban J connectivity index is -0.00000000267. The van der Waals surface area contributed by atoms with Crippen LogP contribution in [0.2, 0.25) is 0 Å². The van der Waals surface area contributed by atoms with Gasteiger partial charge in [-0.3, -0.25) is 6.79 Å². The van der Waals surface area contributed by atoms with Crippen LogP contribution in [0.25, 0.3) is 0 Å². The molecule has 0 fully saturated rings. The Morgan fingerprint density at radius 1 is 1.14 bits per heavy atom. The van der Waals surface area contributed by atoms with E-state index in [1.165, 1.54) is 0 Å². The van der Waals surface area contributed by atoms with Gasteiger partial charge in [-0.05, 0) is 0 Å². The minimum atomic E-state index is 0. The van der Waals surface area contributed by atoms with Crippen molar-refractivity contribution in [2.75, 3.05) is 7.11 Å². The molecule has 0 aliphatic rings. The monoisotopic (exact) mass is 193 g/mol. The second-order valence-electron chi connectivity index (χ2n) is 0. The molecule has 0 atom stereocenters. The van der Waals surface area contributed by atoms with Crippen molar-refractivity contribution in [2.45, 2.75) is 0 Å². The molecule has 0 saturated heterocycles. The molecule has 47 valence electrons. The summed E-state index contributed by atoms with van der Waals surface area (Å²) in [6.45, 7) is 3.25. The summed E-state index contributed by atoms with van der Waals surface area (Å²) in [5.41, 5.74) is 0. The van der Waals surface area contributed by atoms with Gasteiger partial charge in [0.2, 0.25) is 0 Å². The standard InChI is InChI=1S/CH4O.CHO.2CH3.Ru/c2*1-2;;;/h2H,1H3;1H;2*1H3;/q;3*-1;+3. The first kappa shape index (κ1) is 55.9. The van der Waals surface area contributed by atoms with E-state index >= 15 is 0 Å². The first-order valence-electron chi connectivity index (χ1n) is 0.683. The molecule has 0 bridgehead atoms.